The zero-order chi connectivity index (χ0) is 7.40. The van der Waals surface area contributed by atoms with E-state index in [9.17, 15) is 4.79 Å². The second-order valence-electron chi connectivity index (χ2n) is 2.12. The number of amides is 1. The summed E-state index contributed by atoms with van der Waals surface area (Å²) in [5, 5.41) is 3.01. The van der Waals surface area contributed by atoms with Crippen LogP contribution in [0.5, 0.6) is 0 Å². The maximum atomic E-state index is 10.9. The third-order valence-corrected chi connectivity index (χ3v) is 1.43. The number of nitrogens with zero attached hydrogens (tertiary/aromatic N) is 2. The Kier molecular flexibility index (Phi) is 2.15. The Labute approximate surface area is 59.0 Å². The fraction of sp³-hybridized carbons (Fsp3) is 0.500. The molecule has 0 aromatic rings. The van der Waals surface area contributed by atoms with Crippen LogP contribution in [0.15, 0.2) is 17.5 Å². The maximum absolute atomic E-state index is 10.9. The zero-order valence-electron chi connectivity index (χ0n) is 5.58. The molecule has 4 heteroatoms. The third kappa shape index (κ3) is 1.40. The van der Waals surface area contributed by atoms with Crippen LogP contribution in [0.1, 0.15) is 12.8 Å². The van der Waals surface area contributed by atoms with Gasteiger partial charge in [0, 0.05) is 19.2 Å². The Balaban J connectivity index is 2.47. The van der Waals surface area contributed by atoms with Crippen molar-refractivity contribution in [3.05, 3.63) is 12.4 Å². The van der Waals surface area contributed by atoms with Crippen molar-refractivity contribution in [3.63, 3.8) is 0 Å². The molecule has 0 unspecified atom stereocenters. The zero-order valence-corrected chi connectivity index (χ0v) is 5.58. The minimum Gasteiger partial charge on any atom is -0.317 e. The first kappa shape index (κ1) is 6.92. The summed E-state index contributed by atoms with van der Waals surface area (Å²) < 4.78 is 0. The summed E-state index contributed by atoms with van der Waals surface area (Å²) >= 11 is 0. The molecule has 1 heterocycles. The minimum atomic E-state index is 0.125. The van der Waals surface area contributed by atoms with Gasteiger partial charge in [0.05, 0.1) is 6.20 Å². The predicted octanol–water partition coefficient (Wildman–Crippen LogP) is 1.11. The highest BCUT2D eigenvalue weighted by Crippen LogP contribution is 2.09. The number of likely N-dealkylation sites (tertiary alicyclic amines) is 1. The van der Waals surface area contributed by atoms with Crippen LogP contribution in [0.3, 0.4) is 0 Å². The predicted molar refractivity (Wildman–Crippen MR) is 35.2 cm³/mol. The lowest BCUT2D eigenvalue weighted by Gasteiger charge is -2.05. The van der Waals surface area contributed by atoms with Gasteiger partial charge in [-0.05, 0) is 6.42 Å². The van der Waals surface area contributed by atoms with E-state index in [1.807, 2.05) is 0 Å². The maximum Gasteiger partial charge on any atom is 0.226 e. The first-order valence-electron chi connectivity index (χ1n) is 3.17. The molecule has 0 saturated carbocycles. The molecule has 1 fully saturated rings. The Hall–Kier alpha value is -1.19. The number of nitrogens with one attached hydrogen (secondary N) is 1. The second-order valence-corrected chi connectivity index (χ2v) is 2.12. The molecule has 1 rings (SSSR count). The van der Waals surface area contributed by atoms with Gasteiger partial charge in [-0.25, -0.2) is 5.53 Å². The van der Waals surface area contributed by atoms with Gasteiger partial charge in [-0.15, -0.1) is 0 Å². The van der Waals surface area contributed by atoms with Crippen molar-refractivity contribution in [2.75, 3.05) is 6.54 Å². The summed E-state index contributed by atoms with van der Waals surface area (Å²) in [6.45, 7) is 0.769. The number of hydrogen-bond acceptors (Lipinski definition) is 3. The summed E-state index contributed by atoms with van der Waals surface area (Å²) in [5.74, 6) is 0.125. The number of carbonyl (C=O) groups excluding carboxylic acids is 1. The van der Waals surface area contributed by atoms with Gasteiger partial charge in [-0.3, -0.25) is 4.79 Å². The molecule has 0 atom stereocenters. The molecule has 0 spiro atoms. The van der Waals surface area contributed by atoms with E-state index in [2.05, 4.69) is 5.11 Å². The van der Waals surface area contributed by atoms with Gasteiger partial charge in [0.15, 0.2) is 0 Å². The van der Waals surface area contributed by atoms with Crippen molar-refractivity contribution in [1.29, 1.82) is 5.53 Å². The Morgan fingerprint density at radius 3 is 3.00 bits per heavy atom. The third-order valence-electron chi connectivity index (χ3n) is 1.43. The molecule has 0 bridgehead atoms. The molecule has 4 nitrogen and oxygen atoms in total. The summed E-state index contributed by atoms with van der Waals surface area (Å²) in [6.07, 6.45) is 4.40. The van der Waals surface area contributed by atoms with E-state index in [1.54, 1.807) is 11.1 Å². The molecule has 1 saturated heterocycles. The lowest BCUT2D eigenvalue weighted by molar-refractivity contribution is -0.125. The average Bonchev–Trinajstić information content (AvgIpc) is 2.31. The van der Waals surface area contributed by atoms with Crippen LogP contribution >= 0.6 is 0 Å². The van der Waals surface area contributed by atoms with Crippen molar-refractivity contribution < 1.29 is 4.79 Å². The van der Waals surface area contributed by atoms with Crippen molar-refractivity contribution in [2.45, 2.75) is 12.8 Å². The molecule has 1 amide bonds. The first-order valence-corrected chi connectivity index (χ1v) is 3.17. The molecule has 0 radical (unpaired) electrons. The average molecular weight is 139 g/mol. The monoisotopic (exact) mass is 139 g/mol. The van der Waals surface area contributed by atoms with E-state index in [4.69, 9.17) is 5.53 Å². The SMILES string of the molecule is N=NC=CN1CCCC1=O. The van der Waals surface area contributed by atoms with Gasteiger partial charge in [-0.2, -0.15) is 5.11 Å². The van der Waals surface area contributed by atoms with Gasteiger partial charge >= 0.3 is 0 Å². The first-order chi connectivity index (χ1) is 4.84. The molecule has 1 aliphatic heterocycles. The van der Waals surface area contributed by atoms with Crippen molar-refractivity contribution in [1.82, 2.24) is 4.90 Å². The lowest BCUT2D eigenvalue weighted by atomic mass is 10.4. The Bertz CT molecular complexity index is 176. The molecular weight excluding hydrogens is 130 g/mol. The topological polar surface area (TPSA) is 56.5 Å². The smallest absolute Gasteiger partial charge is 0.226 e. The van der Waals surface area contributed by atoms with E-state index in [0.717, 1.165) is 13.0 Å². The van der Waals surface area contributed by atoms with Crippen LogP contribution < -0.4 is 0 Å². The highest BCUT2D eigenvalue weighted by atomic mass is 16.2. The number of hydrogen-bond donors (Lipinski definition) is 1. The Morgan fingerprint density at radius 1 is 1.70 bits per heavy atom. The lowest BCUT2D eigenvalue weighted by Crippen LogP contribution is -2.16. The van der Waals surface area contributed by atoms with Crippen molar-refractivity contribution in [2.24, 2.45) is 5.11 Å². The second kappa shape index (κ2) is 3.10. The molecule has 54 valence electrons. The van der Waals surface area contributed by atoms with Crippen LogP contribution in [0.4, 0.5) is 0 Å². The normalized spacial score (nSPS) is 18.8. The van der Waals surface area contributed by atoms with Crippen molar-refractivity contribution in [3.8, 4) is 0 Å². The van der Waals surface area contributed by atoms with Crippen LogP contribution in [-0.2, 0) is 4.79 Å². The van der Waals surface area contributed by atoms with E-state index < -0.39 is 0 Å². The quantitative estimate of drug-likeness (QED) is 0.572. The fourth-order valence-corrected chi connectivity index (χ4v) is 0.940. The van der Waals surface area contributed by atoms with E-state index in [0.29, 0.717) is 6.42 Å². The molecule has 0 aromatic heterocycles. The highest BCUT2D eigenvalue weighted by molar-refractivity contribution is 5.79. The van der Waals surface area contributed by atoms with Crippen LogP contribution in [0.2, 0.25) is 0 Å². The number of rotatable bonds is 2. The van der Waals surface area contributed by atoms with Gasteiger partial charge < -0.3 is 4.90 Å². The molecule has 1 aliphatic rings. The standard InChI is InChI=1S/C6H9N3O/c7-8-3-5-9-4-1-2-6(9)10/h3,5,7H,1-2,4H2. The molecular formula is C6H9N3O. The van der Waals surface area contributed by atoms with E-state index in [1.165, 1.54) is 6.20 Å². The van der Waals surface area contributed by atoms with Crippen molar-refractivity contribution >= 4 is 5.91 Å². The van der Waals surface area contributed by atoms with Crippen LogP contribution in [0, 0.1) is 5.53 Å². The minimum absolute atomic E-state index is 0.125. The summed E-state index contributed by atoms with van der Waals surface area (Å²) in [5.41, 5.74) is 6.43. The van der Waals surface area contributed by atoms with Crippen LogP contribution in [0.25, 0.3) is 0 Å². The molecule has 0 aromatic carbocycles. The summed E-state index contributed by atoms with van der Waals surface area (Å²) in [6, 6.07) is 0. The number of carbonyl (C=O) groups is 1. The van der Waals surface area contributed by atoms with E-state index >= 15 is 0 Å². The molecule has 1 N–H and O–H groups in total. The highest BCUT2D eigenvalue weighted by Gasteiger charge is 2.16. The molecule has 10 heavy (non-hydrogen) atoms. The molecule has 0 aliphatic carbocycles. The van der Waals surface area contributed by atoms with Gasteiger partial charge in [0.2, 0.25) is 5.91 Å². The van der Waals surface area contributed by atoms with E-state index in [-0.39, 0.29) is 5.91 Å². The largest absolute Gasteiger partial charge is 0.317 e. The van der Waals surface area contributed by atoms with Gasteiger partial charge in [0.1, 0.15) is 0 Å². The van der Waals surface area contributed by atoms with Gasteiger partial charge in [0.25, 0.3) is 0 Å². The fourth-order valence-electron chi connectivity index (χ4n) is 0.940. The van der Waals surface area contributed by atoms with Gasteiger partial charge in [-0.1, -0.05) is 0 Å². The summed E-state index contributed by atoms with van der Waals surface area (Å²) in [4.78, 5) is 12.4. The Morgan fingerprint density at radius 2 is 2.50 bits per heavy atom. The van der Waals surface area contributed by atoms with Crippen LogP contribution in [-0.4, -0.2) is 17.4 Å². The summed E-state index contributed by atoms with van der Waals surface area (Å²) in [7, 11) is 0.